The number of rotatable bonds is 5. The van der Waals surface area contributed by atoms with Gasteiger partial charge in [0.1, 0.15) is 23.8 Å². The molecule has 42 heavy (non-hydrogen) atoms. The van der Waals surface area contributed by atoms with Gasteiger partial charge >= 0.3 is 0 Å². The molecule has 12 nitrogen and oxygen atoms in total. The molecule has 228 valence electrons. The van der Waals surface area contributed by atoms with Gasteiger partial charge in [-0.3, -0.25) is 28.7 Å². The van der Waals surface area contributed by atoms with E-state index in [-0.39, 0.29) is 49.6 Å². The summed E-state index contributed by atoms with van der Waals surface area (Å²) in [5.41, 5.74) is 1.06. The zero-order valence-electron chi connectivity index (χ0n) is 25.3. The lowest BCUT2D eigenvalue weighted by molar-refractivity contribution is -0.140. The van der Waals surface area contributed by atoms with E-state index in [9.17, 15) is 24.0 Å². The number of hydrogen-bond donors (Lipinski definition) is 3. The summed E-state index contributed by atoms with van der Waals surface area (Å²) < 4.78 is 1.67. The zero-order chi connectivity index (χ0) is 31.0. The van der Waals surface area contributed by atoms with Crippen LogP contribution in [0.25, 0.3) is 0 Å². The van der Waals surface area contributed by atoms with Crippen molar-refractivity contribution in [3.63, 3.8) is 0 Å². The van der Waals surface area contributed by atoms with Crippen molar-refractivity contribution in [2.45, 2.75) is 71.6 Å². The van der Waals surface area contributed by atoms with Gasteiger partial charge in [0.2, 0.25) is 23.6 Å². The highest BCUT2D eigenvalue weighted by Gasteiger charge is 2.34. The summed E-state index contributed by atoms with van der Waals surface area (Å²) in [6.45, 7) is 9.14. The SMILES string of the molecule is CC(C)[C@@H]1NC(=O)[C@@H](C)N(C(=O)c2ccn(C(C)C)n2)CCCNC(=O)[C@H](Cc2ccccc2)NC(=O)CN(C)C1=O. The molecule has 2 aromatic rings. The van der Waals surface area contributed by atoms with Gasteiger partial charge in [0.25, 0.3) is 5.91 Å². The van der Waals surface area contributed by atoms with Gasteiger partial charge in [-0.25, -0.2) is 0 Å². The molecule has 1 saturated heterocycles. The standard InChI is InChI=1S/C30H43N7O5/c1-19(2)26-30(42)35(6)18-25(38)32-24(17-22-11-8-7-9-12-22)28(40)31-14-10-15-36(21(5)27(39)33-26)29(41)23-13-16-37(34-23)20(3)4/h7-9,11-13,16,19-21,24,26H,10,14-15,17-18H2,1-6H3,(H,31,40)(H,32,38)(H,33,39)/t21-,24+,26+/m1/s1. The van der Waals surface area contributed by atoms with Gasteiger partial charge < -0.3 is 25.8 Å². The van der Waals surface area contributed by atoms with E-state index in [1.54, 1.807) is 37.7 Å². The second-order valence-corrected chi connectivity index (χ2v) is 11.3. The number of nitrogens with zero attached hydrogens (tertiary/aromatic N) is 4. The number of benzene rings is 1. The molecule has 1 aromatic carbocycles. The van der Waals surface area contributed by atoms with Gasteiger partial charge in [-0.1, -0.05) is 44.2 Å². The van der Waals surface area contributed by atoms with Gasteiger partial charge in [0.05, 0.1) is 6.54 Å². The van der Waals surface area contributed by atoms with Crippen molar-refractivity contribution in [2.75, 3.05) is 26.7 Å². The predicted octanol–water partition coefficient (Wildman–Crippen LogP) is 1.14. The molecule has 2 heterocycles. The number of carbonyl (C=O) groups is 5. The molecule has 1 aliphatic heterocycles. The Morgan fingerprint density at radius 3 is 2.31 bits per heavy atom. The molecule has 3 N–H and O–H groups in total. The molecule has 1 aromatic heterocycles. The smallest absolute Gasteiger partial charge is 0.275 e. The number of nitrogens with one attached hydrogen (secondary N) is 3. The summed E-state index contributed by atoms with van der Waals surface area (Å²) in [7, 11) is 1.48. The van der Waals surface area contributed by atoms with Crippen molar-refractivity contribution in [3.8, 4) is 0 Å². The molecule has 0 spiro atoms. The Morgan fingerprint density at radius 1 is 1.00 bits per heavy atom. The fourth-order valence-corrected chi connectivity index (χ4v) is 4.70. The first-order valence-electron chi connectivity index (χ1n) is 14.4. The van der Waals surface area contributed by atoms with Crippen LogP contribution in [-0.2, 0) is 25.6 Å². The quantitative estimate of drug-likeness (QED) is 0.483. The number of hydrogen-bond acceptors (Lipinski definition) is 6. The summed E-state index contributed by atoms with van der Waals surface area (Å²) in [4.78, 5) is 69.2. The molecule has 0 bridgehead atoms. The Kier molecular flexibility index (Phi) is 11.2. The van der Waals surface area contributed by atoms with Crippen molar-refractivity contribution < 1.29 is 24.0 Å². The van der Waals surface area contributed by atoms with Crippen LogP contribution in [0.15, 0.2) is 42.6 Å². The number of amides is 5. The lowest BCUT2D eigenvalue weighted by atomic mass is 10.0. The minimum atomic E-state index is -0.932. The Hall–Kier alpha value is -4.22. The maximum absolute atomic E-state index is 13.6. The third-order valence-corrected chi connectivity index (χ3v) is 7.26. The van der Waals surface area contributed by atoms with Gasteiger partial charge in [0, 0.05) is 38.8 Å². The average Bonchev–Trinajstić information content (AvgIpc) is 3.45. The van der Waals surface area contributed by atoms with Crippen LogP contribution in [-0.4, -0.2) is 93.9 Å². The molecule has 0 unspecified atom stereocenters. The van der Waals surface area contributed by atoms with Crippen LogP contribution in [0.5, 0.6) is 0 Å². The van der Waals surface area contributed by atoms with Crippen LogP contribution in [0, 0.1) is 5.92 Å². The van der Waals surface area contributed by atoms with E-state index in [0.29, 0.717) is 6.42 Å². The van der Waals surface area contributed by atoms with Crippen LogP contribution >= 0.6 is 0 Å². The summed E-state index contributed by atoms with van der Waals surface area (Å²) in [5.74, 6) is -2.55. The molecule has 3 atom stereocenters. The molecule has 0 aliphatic carbocycles. The summed E-state index contributed by atoms with van der Waals surface area (Å²) >= 11 is 0. The van der Waals surface area contributed by atoms with Crippen LogP contribution in [0.1, 0.15) is 63.1 Å². The normalized spacial score (nSPS) is 21.8. The third kappa shape index (κ3) is 8.40. The van der Waals surface area contributed by atoms with E-state index in [1.165, 1.54) is 16.8 Å². The van der Waals surface area contributed by atoms with Gasteiger partial charge in [0.15, 0.2) is 0 Å². The fourth-order valence-electron chi connectivity index (χ4n) is 4.70. The highest BCUT2D eigenvalue weighted by Crippen LogP contribution is 2.13. The monoisotopic (exact) mass is 581 g/mol. The molecular formula is C30H43N7O5. The molecule has 12 heteroatoms. The van der Waals surface area contributed by atoms with Crippen molar-refractivity contribution >= 4 is 29.5 Å². The topological polar surface area (TPSA) is 146 Å². The van der Waals surface area contributed by atoms with Crippen LogP contribution in [0.3, 0.4) is 0 Å². The molecule has 1 aliphatic rings. The van der Waals surface area contributed by atoms with Crippen molar-refractivity contribution in [2.24, 2.45) is 5.92 Å². The highest BCUT2D eigenvalue weighted by atomic mass is 16.2. The molecule has 5 amide bonds. The molecule has 1 fully saturated rings. The number of carbonyl (C=O) groups excluding carboxylic acids is 5. The van der Waals surface area contributed by atoms with Crippen LogP contribution in [0.2, 0.25) is 0 Å². The lowest BCUT2D eigenvalue weighted by Gasteiger charge is -2.32. The lowest BCUT2D eigenvalue weighted by Crippen LogP contribution is -2.57. The molecule has 3 rings (SSSR count). The Bertz CT molecular complexity index is 1260. The average molecular weight is 582 g/mol. The number of aromatic nitrogens is 2. The van der Waals surface area contributed by atoms with Gasteiger partial charge in [-0.05, 0) is 44.7 Å². The van der Waals surface area contributed by atoms with E-state index in [1.807, 2.05) is 44.2 Å². The fraction of sp³-hybridized carbons (Fsp3) is 0.533. The van der Waals surface area contributed by atoms with Crippen molar-refractivity contribution in [3.05, 3.63) is 53.9 Å². The Balaban J connectivity index is 1.90. The first-order chi connectivity index (χ1) is 19.9. The van der Waals surface area contributed by atoms with Crippen molar-refractivity contribution in [1.29, 1.82) is 0 Å². The predicted molar refractivity (Wildman–Crippen MR) is 157 cm³/mol. The minimum absolute atomic E-state index is 0.0496. The summed E-state index contributed by atoms with van der Waals surface area (Å²) in [5, 5.41) is 12.8. The molecule has 0 radical (unpaired) electrons. The summed E-state index contributed by atoms with van der Waals surface area (Å²) in [6, 6.07) is 8.26. The largest absolute Gasteiger partial charge is 0.354 e. The van der Waals surface area contributed by atoms with E-state index < -0.39 is 41.8 Å². The van der Waals surface area contributed by atoms with Crippen molar-refractivity contribution in [1.82, 2.24) is 35.5 Å². The Morgan fingerprint density at radius 2 is 1.69 bits per heavy atom. The Labute approximate surface area is 247 Å². The molecular weight excluding hydrogens is 538 g/mol. The second-order valence-electron chi connectivity index (χ2n) is 11.3. The highest BCUT2D eigenvalue weighted by molar-refractivity contribution is 5.97. The van der Waals surface area contributed by atoms with E-state index >= 15 is 0 Å². The first kappa shape index (κ1) is 32.3. The maximum atomic E-state index is 13.6. The van der Waals surface area contributed by atoms with Gasteiger partial charge in [-0.15, -0.1) is 0 Å². The third-order valence-electron chi connectivity index (χ3n) is 7.26. The first-order valence-corrected chi connectivity index (χ1v) is 14.4. The summed E-state index contributed by atoms with van der Waals surface area (Å²) in [6.07, 6.45) is 2.33. The van der Waals surface area contributed by atoms with E-state index in [2.05, 4.69) is 21.0 Å². The maximum Gasteiger partial charge on any atom is 0.275 e. The number of likely N-dealkylation sites (N-methyl/N-ethyl adjacent to an activating group) is 1. The van der Waals surface area contributed by atoms with Gasteiger partial charge in [-0.2, -0.15) is 5.10 Å². The second kappa shape index (κ2) is 14.6. The van der Waals surface area contributed by atoms with Crippen LogP contribution < -0.4 is 16.0 Å². The minimum Gasteiger partial charge on any atom is -0.354 e. The van der Waals surface area contributed by atoms with E-state index in [4.69, 9.17) is 0 Å². The van der Waals surface area contributed by atoms with Crippen LogP contribution in [0.4, 0.5) is 0 Å². The van der Waals surface area contributed by atoms with E-state index in [0.717, 1.165) is 5.56 Å². The zero-order valence-corrected chi connectivity index (χ0v) is 25.3. The molecule has 0 saturated carbocycles.